The number of carboxylic acids is 1. The molecule has 0 bridgehead atoms. The van der Waals surface area contributed by atoms with Crippen molar-refractivity contribution >= 4 is 11.8 Å². The van der Waals surface area contributed by atoms with Crippen molar-refractivity contribution in [2.75, 3.05) is 0 Å². The molecule has 4 aliphatic rings. The normalized spacial score (nSPS) is 52.0. The van der Waals surface area contributed by atoms with Crippen molar-refractivity contribution in [2.45, 2.75) is 70.5 Å². The van der Waals surface area contributed by atoms with E-state index in [1.807, 2.05) is 6.92 Å². The molecule has 4 aliphatic carbocycles. The fourth-order valence-electron chi connectivity index (χ4n) is 7.04. The first-order chi connectivity index (χ1) is 11.6. The molecular weight excluding hydrogens is 320 g/mol. The number of aliphatic carboxylic acids is 1. The van der Waals surface area contributed by atoms with Gasteiger partial charge in [-0.25, -0.2) is 4.79 Å². The zero-order valence-corrected chi connectivity index (χ0v) is 15.0. The first-order valence-corrected chi connectivity index (χ1v) is 9.51. The van der Waals surface area contributed by atoms with E-state index in [9.17, 15) is 24.9 Å². The summed E-state index contributed by atoms with van der Waals surface area (Å²) in [6, 6.07) is 0. The fraction of sp³-hybridized carbons (Fsp3) is 0.800. The second-order valence-corrected chi connectivity index (χ2v) is 9.28. The zero-order valence-electron chi connectivity index (χ0n) is 15.0. The highest BCUT2D eigenvalue weighted by Crippen LogP contribution is 2.67. The minimum absolute atomic E-state index is 0.0508. The second-order valence-electron chi connectivity index (χ2n) is 9.28. The molecule has 5 heteroatoms. The molecule has 3 saturated carbocycles. The molecule has 138 valence electrons. The first-order valence-electron chi connectivity index (χ1n) is 9.51. The summed E-state index contributed by atoms with van der Waals surface area (Å²) in [5.74, 6) is -0.610. The lowest BCUT2D eigenvalue weighted by molar-refractivity contribution is -0.194. The summed E-state index contributed by atoms with van der Waals surface area (Å²) in [5, 5.41) is 31.6. The van der Waals surface area contributed by atoms with Gasteiger partial charge in [0.05, 0.1) is 6.10 Å². The predicted octanol–water partition coefficient (Wildman–Crippen LogP) is 2.30. The Hall–Kier alpha value is -1.20. The molecule has 7 atom stereocenters. The van der Waals surface area contributed by atoms with Crippen LogP contribution in [0.1, 0.15) is 58.8 Å². The number of hydrogen-bond donors (Lipinski definition) is 3. The Labute approximate surface area is 148 Å². The van der Waals surface area contributed by atoms with Gasteiger partial charge in [-0.05, 0) is 67.8 Å². The van der Waals surface area contributed by atoms with Crippen LogP contribution in [0, 0.1) is 28.6 Å². The lowest BCUT2D eigenvalue weighted by Gasteiger charge is -2.60. The molecule has 4 rings (SSSR count). The zero-order chi connectivity index (χ0) is 18.2. The van der Waals surface area contributed by atoms with Crippen molar-refractivity contribution in [1.29, 1.82) is 0 Å². The van der Waals surface area contributed by atoms with Gasteiger partial charge >= 0.3 is 5.97 Å². The maximum atomic E-state index is 11.9. The van der Waals surface area contributed by atoms with E-state index in [0.717, 1.165) is 19.3 Å². The Balaban J connectivity index is 1.75. The Morgan fingerprint density at radius 2 is 1.92 bits per heavy atom. The van der Waals surface area contributed by atoms with E-state index < -0.39 is 23.1 Å². The van der Waals surface area contributed by atoms with E-state index in [1.54, 1.807) is 6.08 Å². The number of allylic oxidation sites excluding steroid dienone is 1. The van der Waals surface area contributed by atoms with Crippen molar-refractivity contribution in [3.05, 3.63) is 11.6 Å². The van der Waals surface area contributed by atoms with Crippen LogP contribution in [0.5, 0.6) is 0 Å². The fourth-order valence-corrected chi connectivity index (χ4v) is 7.04. The van der Waals surface area contributed by atoms with Gasteiger partial charge in [0.1, 0.15) is 0 Å². The molecule has 0 aromatic rings. The molecule has 0 amide bonds. The highest BCUT2D eigenvalue weighted by atomic mass is 16.4. The van der Waals surface area contributed by atoms with E-state index >= 15 is 0 Å². The third kappa shape index (κ3) is 2.02. The van der Waals surface area contributed by atoms with E-state index in [4.69, 9.17) is 0 Å². The number of carboxylic acid groups (broad SMARTS) is 1. The van der Waals surface area contributed by atoms with Crippen LogP contribution in [0.2, 0.25) is 0 Å². The summed E-state index contributed by atoms with van der Waals surface area (Å²) < 4.78 is 0. The number of ketones is 1. The number of carbonyl (C=O) groups excluding carboxylic acids is 1. The van der Waals surface area contributed by atoms with Gasteiger partial charge in [0.2, 0.25) is 0 Å². The molecule has 7 unspecified atom stereocenters. The van der Waals surface area contributed by atoms with Crippen molar-refractivity contribution in [3.63, 3.8) is 0 Å². The quantitative estimate of drug-likeness (QED) is 0.676. The summed E-state index contributed by atoms with van der Waals surface area (Å²) in [7, 11) is 0. The van der Waals surface area contributed by atoms with E-state index in [0.29, 0.717) is 19.3 Å². The standard InChI is InChI=1S/C20H28O5/c1-18-7-5-12(21)9-11(18)3-4-13-14-6-8-20(25,17(23)24)19(14,2)10-15(22)16(13)18/h9,13-16,22,25H,3-8,10H2,1-2H3,(H,23,24). The third-order valence-electron chi connectivity index (χ3n) is 8.40. The molecule has 5 nitrogen and oxygen atoms in total. The maximum absolute atomic E-state index is 11.9. The van der Waals surface area contributed by atoms with Gasteiger partial charge in [-0.1, -0.05) is 19.4 Å². The van der Waals surface area contributed by atoms with E-state index in [2.05, 4.69) is 6.92 Å². The van der Waals surface area contributed by atoms with Gasteiger partial charge in [0, 0.05) is 11.8 Å². The molecule has 0 heterocycles. The van der Waals surface area contributed by atoms with Crippen LogP contribution < -0.4 is 0 Å². The van der Waals surface area contributed by atoms with Crippen LogP contribution in [0.25, 0.3) is 0 Å². The number of aliphatic hydroxyl groups is 2. The molecule has 0 aliphatic heterocycles. The Morgan fingerprint density at radius 3 is 2.60 bits per heavy atom. The topological polar surface area (TPSA) is 94.8 Å². The molecule has 0 aromatic carbocycles. The molecule has 3 fully saturated rings. The average molecular weight is 348 g/mol. The van der Waals surface area contributed by atoms with Gasteiger partial charge < -0.3 is 15.3 Å². The van der Waals surface area contributed by atoms with Gasteiger partial charge in [0.25, 0.3) is 0 Å². The van der Waals surface area contributed by atoms with Gasteiger partial charge in [-0.3, -0.25) is 4.79 Å². The monoisotopic (exact) mass is 348 g/mol. The number of aliphatic hydroxyl groups excluding tert-OH is 1. The van der Waals surface area contributed by atoms with Crippen LogP contribution in [0.4, 0.5) is 0 Å². The minimum Gasteiger partial charge on any atom is -0.479 e. The molecule has 0 spiro atoms. The molecule has 0 aromatic heterocycles. The van der Waals surface area contributed by atoms with Crippen LogP contribution in [-0.2, 0) is 9.59 Å². The summed E-state index contributed by atoms with van der Waals surface area (Å²) in [6.45, 7) is 4.03. The number of hydrogen-bond acceptors (Lipinski definition) is 4. The molecular formula is C20H28O5. The first kappa shape index (κ1) is 17.2. The lowest BCUT2D eigenvalue weighted by Crippen LogP contribution is -2.61. The second kappa shape index (κ2) is 5.17. The van der Waals surface area contributed by atoms with Crippen LogP contribution >= 0.6 is 0 Å². The van der Waals surface area contributed by atoms with Crippen molar-refractivity contribution < 1.29 is 24.9 Å². The van der Waals surface area contributed by atoms with Crippen LogP contribution in [-0.4, -0.2) is 38.8 Å². The van der Waals surface area contributed by atoms with Gasteiger partial charge in [-0.15, -0.1) is 0 Å². The highest BCUT2D eigenvalue weighted by Gasteiger charge is 2.68. The largest absolute Gasteiger partial charge is 0.479 e. The van der Waals surface area contributed by atoms with Crippen LogP contribution in [0.3, 0.4) is 0 Å². The Morgan fingerprint density at radius 1 is 1.20 bits per heavy atom. The molecule has 3 N–H and O–H groups in total. The van der Waals surface area contributed by atoms with E-state index in [1.165, 1.54) is 5.57 Å². The number of carbonyl (C=O) groups is 2. The number of rotatable bonds is 1. The van der Waals surface area contributed by atoms with Crippen molar-refractivity contribution in [3.8, 4) is 0 Å². The van der Waals surface area contributed by atoms with Gasteiger partial charge in [0.15, 0.2) is 11.4 Å². The summed E-state index contributed by atoms with van der Waals surface area (Å²) in [5.41, 5.74) is -1.55. The molecule has 0 saturated heterocycles. The average Bonchev–Trinajstić information content (AvgIpc) is 2.80. The van der Waals surface area contributed by atoms with E-state index in [-0.39, 0.29) is 35.4 Å². The third-order valence-corrected chi connectivity index (χ3v) is 8.40. The van der Waals surface area contributed by atoms with Gasteiger partial charge in [-0.2, -0.15) is 0 Å². The maximum Gasteiger partial charge on any atom is 0.336 e. The molecule has 25 heavy (non-hydrogen) atoms. The summed E-state index contributed by atoms with van der Waals surface area (Å²) in [4.78, 5) is 23.7. The smallest absolute Gasteiger partial charge is 0.336 e. The Kier molecular flexibility index (Phi) is 3.56. The number of fused-ring (bicyclic) bond motifs is 5. The lowest BCUT2D eigenvalue weighted by atomic mass is 9.45. The minimum atomic E-state index is -1.75. The SMILES string of the molecule is CC12CCC(=O)C=C1CCC1C2C(O)CC2(C)C1CCC2(O)C(=O)O. The highest BCUT2D eigenvalue weighted by molar-refractivity contribution is 5.91. The van der Waals surface area contributed by atoms with Crippen molar-refractivity contribution in [1.82, 2.24) is 0 Å². The predicted molar refractivity (Wildman–Crippen MR) is 90.7 cm³/mol. The van der Waals surface area contributed by atoms with Crippen LogP contribution in [0.15, 0.2) is 11.6 Å². The van der Waals surface area contributed by atoms with Crippen molar-refractivity contribution in [2.24, 2.45) is 28.6 Å². The molecule has 0 radical (unpaired) electrons. The Bertz CT molecular complexity index is 669. The summed E-state index contributed by atoms with van der Waals surface area (Å²) in [6.07, 6.45) is 5.43. The summed E-state index contributed by atoms with van der Waals surface area (Å²) >= 11 is 0.